The summed E-state index contributed by atoms with van der Waals surface area (Å²) >= 11 is 0. The predicted octanol–water partition coefficient (Wildman–Crippen LogP) is 0.173. The highest BCUT2D eigenvalue weighted by atomic mass is 32.2. The molecule has 0 aromatic carbocycles. The topological polar surface area (TPSA) is 96.0 Å². The van der Waals surface area contributed by atoms with Crippen LogP contribution < -0.4 is 10.5 Å². The Labute approximate surface area is 84.6 Å². The van der Waals surface area contributed by atoms with Gasteiger partial charge >= 0.3 is 0 Å². The number of rotatable bonds is 5. The van der Waals surface area contributed by atoms with Crippen molar-refractivity contribution in [1.29, 1.82) is 5.41 Å². The average Bonchev–Trinajstić information content (AvgIpc) is 2.85. The fourth-order valence-electron chi connectivity index (χ4n) is 1.09. The molecule has 1 aliphatic carbocycles. The van der Waals surface area contributed by atoms with E-state index in [-0.39, 0.29) is 11.1 Å². The lowest BCUT2D eigenvalue weighted by Crippen LogP contribution is -2.55. The Morgan fingerprint density at radius 3 is 2.43 bits per heavy atom. The van der Waals surface area contributed by atoms with Crippen LogP contribution in [-0.4, -0.2) is 25.0 Å². The molecular weight excluding hydrogens is 202 g/mol. The smallest absolute Gasteiger partial charge is 0.215 e. The van der Waals surface area contributed by atoms with E-state index in [2.05, 4.69) is 4.72 Å². The maximum atomic E-state index is 11.6. The predicted molar refractivity (Wildman–Crippen MR) is 55.7 cm³/mol. The van der Waals surface area contributed by atoms with Crippen molar-refractivity contribution >= 4 is 15.9 Å². The van der Waals surface area contributed by atoms with Gasteiger partial charge in [0.2, 0.25) is 10.0 Å². The molecule has 0 radical (unpaired) electrons. The van der Waals surface area contributed by atoms with Crippen LogP contribution in [-0.2, 0) is 10.0 Å². The Kier molecular flexibility index (Phi) is 2.87. The molecule has 0 bridgehead atoms. The lowest BCUT2D eigenvalue weighted by molar-refractivity contribution is 0.504. The first-order valence-corrected chi connectivity index (χ1v) is 6.24. The van der Waals surface area contributed by atoms with Gasteiger partial charge in [-0.2, -0.15) is 0 Å². The molecule has 1 aliphatic rings. The second kappa shape index (κ2) is 3.51. The number of nitrogens with one attached hydrogen (secondary N) is 2. The van der Waals surface area contributed by atoms with Gasteiger partial charge in [-0.3, -0.25) is 5.41 Å². The molecule has 0 heterocycles. The third-order valence-electron chi connectivity index (χ3n) is 2.63. The highest BCUT2D eigenvalue weighted by molar-refractivity contribution is 7.90. The number of nitrogens with two attached hydrogens (primary N) is 1. The van der Waals surface area contributed by atoms with Crippen molar-refractivity contribution in [3.05, 3.63) is 0 Å². The summed E-state index contributed by atoms with van der Waals surface area (Å²) in [5.74, 6) is -0.135. The Morgan fingerprint density at radius 2 is 2.14 bits per heavy atom. The van der Waals surface area contributed by atoms with Crippen LogP contribution >= 0.6 is 0 Å². The van der Waals surface area contributed by atoms with Gasteiger partial charge in [-0.15, -0.1) is 0 Å². The zero-order chi connectivity index (χ0) is 11.0. The van der Waals surface area contributed by atoms with Gasteiger partial charge in [0.25, 0.3) is 0 Å². The van der Waals surface area contributed by atoms with Crippen LogP contribution in [0.3, 0.4) is 0 Å². The summed E-state index contributed by atoms with van der Waals surface area (Å²) < 4.78 is 25.7. The van der Waals surface area contributed by atoms with Gasteiger partial charge < -0.3 is 5.73 Å². The average molecular weight is 219 g/mol. The zero-order valence-corrected chi connectivity index (χ0v) is 9.32. The van der Waals surface area contributed by atoms with E-state index in [0.717, 1.165) is 0 Å². The lowest BCUT2D eigenvalue weighted by atomic mass is 10.00. The van der Waals surface area contributed by atoms with Gasteiger partial charge in [0, 0.05) is 0 Å². The van der Waals surface area contributed by atoms with Crippen molar-refractivity contribution in [3.63, 3.8) is 0 Å². The van der Waals surface area contributed by atoms with Gasteiger partial charge in [-0.05, 0) is 26.2 Å². The summed E-state index contributed by atoms with van der Waals surface area (Å²) in [6, 6.07) is 0. The molecule has 0 aromatic heterocycles. The Hall–Kier alpha value is -0.620. The summed E-state index contributed by atoms with van der Waals surface area (Å²) in [6.07, 6.45) is 1.91. The van der Waals surface area contributed by atoms with E-state index < -0.39 is 15.6 Å². The number of sulfonamides is 1. The lowest BCUT2D eigenvalue weighted by Gasteiger charge is -2.27. The van der Waals surface area contributed by atoms with Crippen LogP contribution in [0.2, 0.25) is 0 Å². The molecule has 1 saturated carbocycles. The van der Waals surface area contributed by atoms with E-state index in [0.29, 0.717) is 19.3 Å². The summed E-state index contributed by atoms with van der Waals surface area (Å²) in [4.78, 5) is 0. The second-order valence-electron chi connectivity index (χ2n) is 3.95. The number of hydrogen-bond donors (Lipinski definition) is 3. The van der Waals surface area contributed by atoms with Crippen molar-refractivity contribution < 1.29 is 8.42 Å². The third-order valence-corrected chi connectivity index (χ3v) is 4.72. The minimum atomic E-state index is -3.27. The Morgan fingerprint density at radius 1 is 1.64 bits per heavy atom. The van der Waals surface area contributed by atoms with Crippen molar-refractivity contribution in [3.8, 4) is 0 Å². The van der Waals surface area contributed by atoms with Crippen LogP contribution in [0.5, 0.6) is 0 Å². The molecule has 5 nitrogen and oxygen atoms in total. The molecule has 14 heavy (non-hydrogen) atoms. The monoisotopic (exact) mass is 219 g/mol. The summed E-state index contributed by atoms with van der Waals surface area (Å²) in [6.45, 7) is 3.44. The van der Waals surface area contributed by atoms with E-state index in [4.69, 9.17) is 11.1 Å². The fourth-order valence-corrected chi connectivity index (χ4v) is 2.90. The first-order valence-electron chi connectivity index (χ1n) is 4.69. The van der Waals surface area contributed by atoms with Crippen LogP contribution in [0.4, 0.5) is 0 Å². The molecule has 6 heteroatoms. The Balaban J connectivity index is 2.79. The van der Waals surface area contributed by atoms with E-state index >= 15 is 0 Å². The first-order chi connectivity index (χ1) is 6.32. The molecule has 0 amide bonds. The van der Waals surface area contributed by atoms with E-state index in [1.807, 2.05) is 0 Å². The SMILES string of the molecule is CCC(C)(NS(=O)(=O)C1CC1)C(=N)N. The number of hydrogen-bond acceptors (Lipinski definition) is 3. The van der Waals surface area contributed by atoms with Crippen LogP contribution in [0.15, 0.2) is 0 Å². The fraction of sp³-hybridized carbons (Fsp3) is 0.875. The summed E-state index contributed by atoms with van der Waals surface area (Å²) in [5, 5.41) is 7.07. The van der Waals surface area contributed by atoms with Crippen molar-refractivity contribution in [2.24, 2.45) is 5.73 Å². The van der Waals surface area contributed by atoms with Gasteiger partial charge in [0.05, 0.1) is 10.8 Å². The van der Waals surface area contributed by atoms with Crippen molar-refractivity contribution in [1.82, 2.24) is 4.72 Å². The van der Waals surface area contributed by atoms with Gasteiger partial charge in [-0.25, -0.2) is 13.1 Å². The molecule has 1 atom stereocenters. The third kappa shape index (κ3) is 2.24. The van der Waals surface area contributed by atoms with Crippen LogP contribution in [0.25, 0.3) is 0 Å². The van der Waals surface area contributed by atoms with E-state index in [1.165, 1.54) is 0 Å². The standard InChI is InChI=1S/C8H17N3O2S/c1-3-8(2,7(9)10)11-14(12,13)6-4-5-6/h6,11H,3-5H2,1-2H3,(H3,9,10). The van der Waals surface area contributed by atoms with E-state index in [9.17, 15) is 8.42 Å². The Bertz CT molecular complexity index is 334. The molecule has 0 aliphatic heterocycles. The highest BCUT2D eigenvalue weighted by Crippen LogP contribution is 2.29. The van der Waals surface area contributed by atoms with E-state index in [1.54, 1.807) is 13.8 Å². The van der Waals surface area contributed by atoms with Crippen molar-refractivity contribution in [2.45, 2.75) is 43.9 Å². The molecule has 0 aromatic rings. The summed E-state index contributed by atoms with van der Waals surface area (Å²) in [7, 11) is -3.27. The maximum Gasteiger partial charge on any atom is 0.215 e. The van der Waals surface area contributed by atoms with Crippen LogP contribution in [0, 0.1) is 5.41 Å². The van der Waals surface area contributed by atoms with Crippen molar-refractivity contribution in [2.75, 3.05) is 0 Å². The van der Waals surface area contributed by atoms with Gasteiger partial charge in [0.1, 0.15) is 5.84 Å². The quantitative estimate of drug-likeness (QED) is 0.454. The minimum absolute atomic E-state index is 0.135. The first kappa shape index (κ1) is 11.5. The zero-order valence-electron chi connectivity index (χ0n) is 8.50. The number of amidine groups is 1. The molecule has 1 fully saturated rings. The minimum Gasteiger partial charge on any atom is -0.386 e. The normalized spacial score (nSPS) is 21.6. The van der Waals surface area contributed by atoms with Gasteiger partial charge in [0.15, 0.2) is 0 Å². The van der Waals surface area contributed by atoms with Gasteiger partial charge in [-0.1, -0.05) is 6.92 Å². The van der Waals surface area contributed by atoms with Crippen LogP contribution in [0.1, 0.15) is 33.1 Å². The largest absolute Gasteiger partial charge is 0.386 e. The molecule has 1 unspecified atom stereocenters. The molecule has 82 valence electrons. The molecule has 0 saturated heterocycles. The second-order valence-corrected chi connectivity index (χ2v) is 5.91. The molecular formula is C8H17N3O2S. The summed E-state index contributed by atoms with van der Waals surface area (Å²) in [5.41, 5.74) is 4.44. The molecule has 4 N–H and O–H groups in total. The molecule has 1 rings (SSSR count). The maximum absolute atomic E-state index is 11.6. The highest BCUT2D eigenvalue weighted by Gasteiger charge is 2.40. The molecule has 0 spiro atoms.